The predicted molar refractivity (Wildman–Crippen MR) is 108 cm³/mol. The number of hydrogen-bond donors (Lipinski definition) is 1. The average molecular weight is 366 g/mol. The van der Waals surface area contributed by atoms with E-state index in [2.05, 4.69) is 42.7 Å². The van der Waals surface area contributed by atoms with E-state index in [9.17, 15) is 0 Å². The van der Waals surface area contributed by atoms with Crippen LogP contribution in [0.3, 0.4) is 0 Å². The van der Waals surface area contributed by atoms with Gasteiger partial charge >= 0.3 is 0 Å². The van der Waals surface area contributed by atoms with Crippen LogP contribution in [-0.4, -0.2) is 60.7 Å². The molecule has 1 aromatic carbocycles. The topological polar surface area (TPSA) is 65.9 Å². The Morgan fingerprint density at radius 1 is 1.19 bits per heavy atom. The van der Waals surface area contributed by atoms with Gasteiger partial charge in [0.2, 0.25) is 5.95 Å². The predicted octanol–water partition coefficient (Wildman–Crippen LogP) is 1.94. The largest absolute Gasteiger partial charge is 0.489 e. The smallest absolute Gasteiger partial charge is 0.225 e. The quantitative estimate of drug-likeness (QED) is 0.479. The molecule has 0 bridgehead atoms. The first-order valence-electron chi connectivity index (χ1n) is 9.11. The molecule has 2 aromatic rings. The third-order valence-electron chi connectivity index (χ3n) is 4.39. The minimum absolute atomic E-state index is 0.495. The molecule has 0 spiro atoms. The standard InChI is InChI=1S/C20H26N6O/c1-3-15-27-18-8-5-4-7-17(18)16-24-19(21-2)25-11-13-26(14-12-25)20-22-9-6-10-23-20/h3-10H,1,11-16H2,2H3,(H,21,24). The van der Waals surface area contributed by atoms with Gasteiger partial charge in [-0.1, -0.05) is 30.9 Å². The van der Waals surface area contributed by atoms with Crippen molar-refractivity contribution in [3.05, 3.63) is 60.9 Å². The van der Waals surface area contributed by atoms with E-state index in [1.54, 1.807) is 18.5 Å². The van der Waals surface area contributed by atoms with Crippen molar-refractivity contribution < 1.29 is 4.74 Å². The van der Waals surface area contributed by atoms with Crippen LogP contribution in [0, 0.1) is 0 Å². The minimum Gasteiger partial charge on any atom is -0.489 e. The van der Waals surface area contributed by atoms with E-state index in [1.807, 2.05) is 31.3 Å². The molecule has 0 unspecified atom stereocenters. The molecule has 1 aliphatic heterocycles. The fourth-order valence-electron chi connectivity index (χ4n) is 3.02. The first kappa shape index (κ1) is 18.7. The molecular formula is C20H26N6O. The Kier molecular flexibility index (Phi) is 6.62. The number of nitrogens with one attached hydrogen (secondary N) is 1. The van der Waals surface area contributed by atoms with Crippen LogP contribution in [-0.2, 0) is 6.54 Å². The summed E-state index contributed by atoms with van der Waals surface area (Å²) in [7, 11) is 1.81. The molecule has 0 amide bonds. The minimum atomic E-state index is 0.495. The van der Waals surface area contributed by atoms with E-state index < -0.39 is 0 Å². The zero-order valence-electron chi connectivity index (χ0n) is 15.7. The third-order valence-corrected chi connectivity index (χ3v) is 4.39. The molecule has 1 aromatic heterocycles. The summed E-state index contributed by atoms with van der Waals surface area (Å²) in [4.78, 5) is 17.6. The van der Waals surface area contributed by atoms with Crippen LogP contribution < -0.4 is 15.0 Å². The van der Waals surface area contributed by atoms with Crippen molar-refractivity contribution in [2.75, 3.05) is 44.7 Å². The zero-order valence-corrected chi connectivity index (χ0v) is 15.7. The lowest BCUT2D eigenvalue weighted by molar-refractivity contribution is 0.356. The van der Waals surface area contributed by atoms with E-state index >= 15 is 0 Å². The first-order valence-corrected chi connectivity index (χ1v) is 9.11. The van der Waals surface area contributed by atoms with Crippen LogP contribution in [0.2, 0.25) is 0 Å². The molecule has 142 valence electrons. The van der Waals surface area contributed by atoms with E-state index in [0.29, 0.717) is 13.2 Å². The number of benzene rings is 1. The molecular weight excluding hydrogens is 340 g/mol. The van der Waals surface area contributed by atoms with Crippen LogP contribution in [0.1, 0.15) is 5.56 Å². The van der Waals surface area contributed by atoms with E-state index in [1.165, 1.54) is 0 Å². The average Bonchev–Trinajstić information content (AvgIpc) is 2.74. The highest BCUT2D eigenvalue weighted by molar-refractivity contribution is 5.80. The molecule has 0 saturated carbocycles. The summed E-state index contributed by atoms with van der Waals surface area (Å²) in [6, 6.07) is 9.86. The summed E-state index contributed by atoms with van der Waals surface area (Å²) < 4.78 is 5.73. The zero-order chi connectivity index (χ0) is 18.9. The van der Waals surface area contributed by atoms with Crippen molar-refractivity contribution in [2.45, 2.75) is 6.54 Å². The summed E-state index contributed by atoms with van der Waals surface area (Å²) in [5.41, 5.74) is 1.09. The SMILES string of the molecule is C=CCOc1ccccc1CNC(=NC)N1CCN(c2ncccn2)CC1. The molecule has 3 rings (SSSR count). The molecule has 7 heteroatoms. The Hall–Kier alpha value is -3.09. The highest BCUT2D eigenvalue weighted by Gasteiger charge is 2.21. The van der Waals surface area contributed by atoms with Gasteiger partial charge in [0.25, 0.3) is 0 Å². The van der Waals surface area contributed by atoms with Crippen LogP contribution in [0.15, 0.2) is 60.4 Å². The maximum Gasteiger partial charge on any atom is 0.225 e. The van der Waals surface area contributed by atoms with Gasteiger partial charge in [0, 0.05) is 57.7 Å². The molecule has 2 heterocycles. The number of ether oxygens (including phenoxy) is 1. The normalized spacial score (nSPS) is 14.8. The van der Waals surface area contributed by atoms with Crippen LogP contribution in [0.5, 0.6) is 5.75 Å². The summed E-state index contributed by atoms with van der Waals surface area (Å²) in [5.74, 6) is 2.54. The third kappa shape index (κ3) is 4.97. The fraction of sp³-hybridized carbons (Fsp3) is 0.350. The monoisotopic (exact) mass is 366 g/mol. The number of rotatable bonds is 6. The van der Waals surface area contributed by atoms with Gasteiger partial charge in [-0.2, -0.15) is 0 Å². The van der Waals surface area contributed by atoms with Gasteiger partial charge in [-0.15, -0.1) is 0 Å². The second-order valence-electron chi connectivity index (χ2n) is 6.13. The van der Waals surface area contributed by atoms with Crippen LogP contribution >= 0.6 is 0 Å². The molecule has 1 N–H and O–H groups in total. The molecule has 0 atom stereocenters. The second-order valence-corrected chi connectivity index (χ2v) is 6.13. The molecule has 1 saturated heterocycles. The summed E-state index contributed by atoms with van der Waals surface area (Å²) >= 11 is 0. The van der Waals surface area contributed by atoms with Gasteiger partial charge in [-0.3, -0.25) is 4.99 Å². The Morgan fingerprint density at radius 3 is 2.63 bits per heavy atom. The van der Waals surface area contributed by atoms with Crippen LogP contribution in [0.4, 0.5) is 5.95 Å². The van der Waals surface area contributed by atoms with Gasteiger partial charge in [0.15, 0.2) is 5.96 Å². The number of nitrogens with zero attached hydrogens (tertiary/aromatic N) is 5. The van der Waals surface area contributed by atoms with Crippen molar-refractivity contribution in [1.29, 1.82) is 0 Å². The summed E-state index contributed by atoms with van der Waals surface area (Å²) in [6.45, 7) is 8.32. The summed E-state index contributed by atoms with van der Waals surface area (Å²) in [5, 5.41) is 3.45. The van der Waals surface area contributed by atoms with Crippen molar-refractivity contribution in [3.63, 3.8) is 0 Å². The molecule has 27 heavy (non-hydrogen) atoms. The highest BCUT2D eigenvalue weighted by atomic mass is 16.5. The molecule has 7 nitrogen and oxygen atoms in total. The number of piperazine rings is 1. The number of para-hydroxylation sites is 1. The van der Waals surface area contributed by atoms with Crippen molar-refractivity contribution in [2.24, 2.45) is 4.99 Å². The van der Waals surface area contributed by atoms with Crippen LogP contribution in [0.25, 0.3) is 0 Å². The molecule has 1 aliphatic rings. The highest BCUT2D eigenvalue weighted by Crippen LogP contribution is 2.18. The number of hydrogen-bond acceptors (Lipinski definition) is 5. The number of anilines is 1. The Morgan fingerprint density at radius 2 is 1.93 bits per heavy atom. The summed E-state index contributed by atoms with van der Waals surface area (Å²) in [6.07, 6.45) is 5.31. The van der Waals surface area contributed by atoms with Gasteiger partial charge < -0.3 is 19.9 Å². The first-order chi connectivity index (χ1) is 13.3. The van der Waals surface area contributed by atoms with Crippen molar-refractivity contribution in [1.82, 2.24) is 20.2 Å². The van der Waals surface area contributed by atoms with Gasteiger partial charge in [-0.25, -0.2) is 9.97 Å². The Labute approximate surface area is 160 Å². The maximum atomic E-state index is 5.73. The number of guanidine groups is 1. The van der Waals surface area contributed by atoms with E-state index in [0.717, 1.165) is 49.4 Å². The van der Waals surface area contributed by atoms with Crippen molar-refractivity contribution in [3.8, 4) is 5.75 Å². The maximum absolute atomic E-state index is 5.73. The van der Waals surface area contributed by atoms with E-state index in [-0.39, 0.29) is 0 Å². The van der Waals surface area contributed by atoms with Crippen molar-refractivity contribution >= 4 is 11.9 Å². The Balaban J connectivity index is 1.55. The molecule has 1 fully saturated rings. The Bertz CT molecular complexity index is 756. The van der Waals surface area contributed by atoms with E-state index in [4.69, 9.17) is 4.74 Å². The number of aromatic nitrogens is 2. The lowest BCUT2D eigenvalue weighted by Gasteiger charge is -2.36. The lowest BCUT2D eigenvalue weighted by Crippen LogP contribution is -2.52. The van der Waals surface area contributed by atoms with Gasteiger partial charge in [0.1, 0.15) is 12.4 Å². The second kappa shape index (κ2) is 9.56. The molecule has 0 radical (unpaired) electrons. The molecule has 0 aliphatic carbocycles. The fourth-order valence-corrected chi connectivity index (χ4v) is 3.02. The number of aliphatic imine (C=N–C) groups is 1. The lowest BCUT2D eigenvalue weighted by atomic mass is 10.2. The van der Waals surface area contributed by atoms with Gasteiger partial charge in [-0.05, 0) is 12.1 Å². The van der Waals surface area contributed by atoms with Gasteiger partial charge in [0.05, 0.1) is 0 Å².